The van der Waals surface area contributed by atoms with Crippen molar-refractivity contribution >= 4 is 7.92 Å². The second-order valence-electron chi connectivity index (χ2n) is 11.5. The molecule has 6 aliphatic carbocycles. The molecule has 1 heteroatoms. The molecule has 0 radical (unpaired) electrons. The quantitative estimate of drug-likeness (QED) is 0.413. The van der Waals surface area contributed by atoms with Crippen LogP contribution in [0.25, 0.3) is 0 Å². The summed E-state index contributed by atoms with van der Waals surface area (Å²) < 4.78 is 0. The van der Waals surface area contributed by atoms with Gasteiger partial charge < -0.3 is 0 Å². The van der Waals surface area contributed by atoms with Gasteiger partial charge in [0.05, 0.1) is 0 Å². The van der Waals surface area contributed by atoms with E-state index in [0.29, 0.717) is 0 Å². The number of fused-ring (bicyclic) bond motifs is 2. The Labute approximate surface area is 164 Å². The largest absolute Gasteiger partial charge is 0.0939 e. The molecule has 3 unspecified atom stereocenters. The van der Waals surface area contributed by atoms with E-state index in [9.17, 15) is 0 Å². The molecule has 0 saturated heterocycles. The van der Waals surface area contributed by atoms with Gasteiger partial charge in [-0.1, -0.05) is 47.5 Å². The van der Waals surface area contributed by atoms with Gasteiger partial charge in [-0.25, -0.2) is 0 Å². The molecule has 26 heavy (non-hydrogen) atoms. The van der Waals surface area contributed by atoms with E-state index < -0.39 is 0 Å². The highest BCUT2D eigenvalue weighted by Gasteiger charge is 2.59. The summed E-state index contributed by atoms with van der Waals surface area (Å²) in [5, 5.41) is 1.64. The third-order valence-corrected chi connectivity index (χ3v) is 14.1. The molecular weight excluding hydrogens is 331 g/mol. The van der Waals surface area contributed by atoms with Crippen LogP contribution in [0.1, 0.15) is 110 Å². The van der Waals surface area contributed by atoms with Gasteiger partial charge in [-0.3, -0.25) is 0 Å². The van der Waals surface area contributed by atoms with E-state index >= 15 is 0 Å². The Kier molecular flexibility index (Phi) is 5.00. The van der Waals surface area contributed by atoms with Crippen LogP contribution in [0.15, 0.2) is 0 Å². The van der Waals surface area contributed by atoms with Crippen LogP contribution in [0.2, 0.25) is 0 Å². The minimum Gasteiger partial charge on any atom is -0.0939 e. The Hall–Kier alpha value is 0.430. The Morgan fingerprint density at radius 3 is 1.77 bits per heavy atom. The van der Waals surface area contributed by atoms with Crippen molar-refractivity contribution in [3.63, 3.8) is 0 Å². The molecule has 6 saturated carbocycles. The van der Waals surface area contributed by atoms with E-state index in [1.807, 2.05) is 0 Å². The predicted molar refractivity (Wildman–Crippen MR) is 115 cm³/mol. The number of rotatable bonds is 6. The lowest BCUT2D eigenvalue weighted by atomic mass is 9.56. The highest BCUT2D eigenvalue weighted by molar-refractivity contribution is 7.61. The minimum absolute atomic E-state index is 0.232. The lowest BCUT2D eigenvalue weighted by Gasteiger charge is -2.65. The molecule has 6 fully saturated rings. The lowest BCUT2D eigenvalue weighted by Crippen LogP contribution is -2.54. The van der Waals surface area contributed by atoms with Crippen LogP contribution in [0.4, 0.5) is 0 Å². The number of hydrogen-bond acceptors (Lipinski definition) is 0. The van der Waals surface area contributed by atoms with Crippen LogP contribution in [0.5, 0.6) is 0 Å². The van der Waals surface area contributed by atoms with Crippen molar-refractivity contribution in [2.24, 2.45) is 29.6 Å². The van der Waals surface area contributed by atoms with Crippen molar-refractivity contribution in [2.45, 2.75) is 120 Å². The highest BCUT2D eigenvalue weighted by atomic mass is 31.1. The molecule has 6 aliphatic rings. The fraction of sp³-hybridized carbons (Fsp3) is 1.00. The van der Waals surface area contributed by atoms with E-state index in [0.717, 1.165) is 39.9 Å². The van der Waals surface area contributed by atoms with Crippen LogP contribution in [-0.2, 0) is 0 Å². The molecule has 4 atom stereocenters. The van der Waals surface area contributed by atoms with Crippen LogP contribution in [0, 0.1) is 29.6 Å². The van der Waals surface area contributed by atoms with Gasteiger partial charge in [0.25, 0.3) is 0 Å². The zero-order valence-corrected chi connectivity index (χ0v) is 18.5. The summed E-state index contributed by atoms with van der Waals surface area (Å²) in [4.78, 5) is 0. The van der Waals surface area contributed by atoms with E-state index in [1.165, 1.54) is 19.3 Å². The normalized spacial score (nSPS) is 50.8. The standard InChI is InChI=1S/C25H43P/c1-3-5-9-26(24(4-2)14-19-7-6-8-20(10-19)15-24)25-16-21-11-22(17-25)13-23(12-21)18-25/h19-23H,3-18H2,1-2H3/t19-,20?,21?,22?,23?,24?,25?,26?/m1/s1. The molecule has 0 aromatic heterocycles. The second kappa shape index (κ2) is 7.04. The smallest absolute Gasteiger partial charge is 0.00815 e. The fourth-order valence-corrected chi connectivity index (χ4v) is 14.7. The molecule has 0 amide bonds. The summed E-state index contributed by atoms with van der Waals surface area (Å²) in [5.74, 6) is 5.66. The van der Waals surface area contributed by atoms with Crippen LogP contribution < -0.4 is 0 Å². The van der Waals surface area contributed by atoms with E-state index in [4.69, 9.17) is 0 Å². The molecule has 148 valence electrons. The molecule has 0 aromatic rings. The summed E-state index contributed by atoms with van der Waals surface area (Å²) in [6.07, 6.45) is 25.6. The minimum atomic E-state index is 0.232. The maximum absolute atomic E-state index is 2.61. The highest BCUT2D eigenvalue weighted by Crippen LogP contribution is 2.76. The average Bonchev–Trinajstić information content (AvgIpc) is 2.60. The summed E-state index contributed by atoms with van der Waals surface area (Å²) in [5.41, 5.74) is 0. The fourth-order valence-electron chi connectivity index (χ4n) is 9.32. The number of unbranched alkanes of at least 4 members (excludes halogenated alkanes) is 1. The Morgan fingerprint density at radius 1 is 0.731 bits per heavy atom. The Balaban J connectivity index is 1.48. The second-order valence-corrected chi connectivity index (χ2v) is 14.7. The monoisotopic (exact) mass is 374 g/mol. The van der Waals surface area contributed by atoms with Gasteiger partial charge in [-0.2, -0.15) is 0 Å². The molecule has 0 aromatic carbocycles. The summed E-state index contributed by atoms with van der Waals surface area (Å²) >= 11 is 0. The van der Waals surface area contributed by atoms with Gasteiger partial charge in [0.1, 0.15) is 0 Å². The average molecular weight is 375 g/mol. The van der Waals surface area contributed by atoms with Crippen molar-refractivity contribution in [2.75, 3.05) is 6.16 Å². The maximum atomic E-state index is 2.61. The van der Waals surface area contributed by atoms with E-state index in [2.05, 4.69) is 13.8 Å². The Morgan fingerprint density at radius 2 is 1.27 bits per heavy atom. The lowest BCUT2D eigenvalue weighted by molar-refractivity contribution is 0.0329. The van der Waals surface area contributed by atoms with Gasteiger partial charge in [-0.15, -0.1) is 0 Å². The predicted octanol–water partition coefficient (Wildman–Crippen LogP) is 7.99. The maximum Gasteiger partial charge on any atom is -0.00815 e. The zero-order valence-electron chi connectivity index (χ0n) is 17.6. The molecular formula is C25H43P. The van der Waals surface area contributed by atoms with Gasteiger partial charge in [0.2, 0.25) is 0 Å². The van der Waals surface area contributed by atoms with Gasteiger partial charge in [0, 0.05) is 0 Å². The molecule has 0 aliphatic heterocycles. The van der Waals surface area contributed by atoms with Crippen LogP contribution in [0.3, 0.4) is 0 Å². The zero-order chi connectivity index (χ0) is 17.8. The first-order valence-corrected chi connectivity index (χ1v) is 13.9. The van der Waals surface area contributed by atoms with E-state index in [-0.39, 0.29) is 7.92 Å². The molecule has 0 spiro atoms. The molecule has 0 heterocycles. The summed E-state index contributed by atoms with van der Waals surface area (Å²) in [6.45, 7) is 5.06. The molecule has 0 nitrogen and oxygen atoms in total. The molecule has 0 N–H and O–H groups in total. The van der Waals surface area contributed by atoms with Crippen LogP contribution in [-0.4, -0.2) is 16.5 Å². The van der Waals surface area contributed by atoms with Crippen molar-refractivity contribution in [1.29, 1.82) is 0 Å². The third kappa shape index (κ3) is 3.04. The molecule has 6 bridgehead atoms. The van der Waals surface area contributed by atoms with Gasteiger partial charge in [0.15, 0.2) is 0 Å². The first-order valence-electron chi connectivity index (χ1n) is 12.4. The Bertz CT molecular complexity index is 461. The summed E-state index contributed by atoms with van der Waals surface area (Å²) in [7, 11) is 0.232. The van der Waals surface area contributed by atoms with Crippen molar-refractivity contribution < 1.29 is 0 Å². The molecule has 6 rings (SSSR count). The van der Waals surface area contributed by atoms with Crippen molar-refractivity contribution in [1.82, 2.24) is 0 Å². The third-order valence-electron chi connectivity index (χ3n) is 9.77. The summed E-state index contributed by atoms with van der Waals surface area (Å²) in [6, 6.07) is 0. The van der Waals surface area contributed by atoms with E-state index in [1.54, 1.807) is 83.2 Å². The van der Waals surface area contributed by atoms with Crippen molar-refractivity contribution in [3.05, 3.63) is 0 Å². The SMILES string of the molecule is CCCCP(C12CC3CC(CC(C3)C1)C2)C1(CC)CC2CCC[C@H](C2)C1. The van der Waals surface area contributed by atoms with Crippen LogP contribution >= 0.6 is 7.92 Å². The first kappa shape index (κ1) is 18.5. The number of hydrogen-bond donors (Lipinski definition) is 0. The topological polar surface area (TPSA) is 0 Å². The van der Waals surface area contributed by atoms with Gasteiger partial charge >= 0.3 is 0 Å². The van der Waals surface area contributed by atoms with Gasteiger partial charge in [-0.05, 0) is 117 Å². The van der Waals surface area contributed by atoms with Crippen molar-refractivity contribution in [3.8, 4) is 0 Å². The first-order chi connectivity index (χ1) is 12.6.